The average molecular weight is 559 g/mol. The summed E-state index contributed by atoms with van der Waals surface area (Å²) in [7, 11) is -3.24. The van der Waals surface area contributed by atoms with E-state index in [-0.39, 0.29) is 10.8 Å². The van der Waals surface area contributed by atoms with Crippen LogP contribution in [0.5, 0.6) is 5.75 Å². The highest BCUT2D eigenvalue weighted by Gasteiger charge is 2.55. The van der Waals surface area contributed by atoms with Crippen LogP contribution in [0, 0.1) is 0 Å². The number of benzene rings is 1. The molecule has 0 spiro atoms. The molecular formula is C20H24ClN6O9P. The third kappa shape index (κ3) is 6.22. The fourth-order valence-electron chi connectivity index (χ4n) is 3.57. The number of carbonyl (C=O) groups is 1. The second kappa shape index (κ2) is 11.5. The van der Waals surface area contributed by atoms with Crippen LogP contribution >= 0.6 is 19.3 Å². The monoisotopic (exact) mass is 558 g/mol. The maximum Gasteiger partial charge on any atom is 0.459 e. The Balaban J connectivity index is 1.90. The molecule has 1 saturated heterocycles. The fourth-order valence-corrected chi connectivity index (χ4v) is 5.32. The Hall–Kier alpha value is -3.16. The molecule has 6 atom stereocenters. The first kappa shape index (κ1) is 28.4. The van der Waals surface area contributed by atoms with Gasteiger partial charge >= 0.3 is 19.4 Å². The van der Waals surface area contributed by atoms with E-state index in [1.165, 1.54) is 26.0 Å². The van der Waals surface area contributed by atoms with E-state index >= 15 is 0 Å². The first-order valence-electron chi connectivity index (χ1n) is 10.7. The van der Waals surface area contributed by atoms with Gasteiger partial charge in [-0.2, -0.15) is 5.09 Å². The summed E-state index contributed by atoms with van der Waals surface area (Å²) in [5.74, 6) is -0.793. The van der Waals surface area contributed by atoms with E-state index in [4.69, 9.17) is 30.9 Å². The molecule has 0 aliphatic carbocycles. The zero-order chi connectivity index (χ0) is 27.4. The number of aliphatic hydroxyl groups is 1. The summed E-state index contributed by atoms with van der Waals surface area (Å²) in [6.45, 7) is 2.07. The quantitative estimate of drug-likeness (QED) is 0.127. The van der Waals surface area contributed by atoms with Crippen molar-refractivity contribution in [2.45, 2.75) is 43.9 Å². The average Bonchev–Trinajstić information content (AvgIpc) is 3.09. The Morgan fingerprint density at radius 3 is 2.76 bits per heavy atom. The molecule has 0 bridgehead atoms. The molecular weight excluding hydrogens is 535 g/mol. The number of nitrogens with one attached hydrogen (secondary N) is 2. The molecule has 1 aromatic carbocycles. The van der Waals surface area contributed by atoms with Crippen LogP contribution in [-0.2, 0) is 23.4 Å². The Morgan fingerprint density at radius 2 is 2.14 bits per heavy atom. The van der Waals surface area contributed by atoms with Crippen molar-refractivity contribution in [3.05, 3.63) is 72.8 Å². The van der Waals surface area contributed by atoms with Gasteiger partial charge in [-0.25, -0.2) is 9.36 Å². The van der Waals surface area contributed by atoms with Crippen molar-refractivity contribution < 1.29 is 33.0 Å². The summed E-state index contributed by atoms with van der Waals surface area (Å²) in [4.78, 5) is 40.5. The smallest absolute Gasteiger partial charge is 0.459 e. The van der Waals surface area contributed by atoms with Crippen molar-refractivity contribution in [2.24, 2.45) is 5.11 Å². The van der Waals surface area contributed by atoms with E-state index in [0.29, 0.717) is 0 Å². The van der Waals surface area contributed by atoms with Gasteiger partial charge in [-0.05, 0) is 31.5 Å². The van der Waals surface area contributed by atoms with E-state index in [9.17, 15) is 24.1 Å². The lowest BCUT2D eigenvalue weighted by atomic mass is 9.93. The number of ether oxygens (including phenoxy) is 2. The van der Waals surface area contributed by atoms with Crippen LogP contribution in [0.1, 0.15) is 20.1 Å². The number of aromatic nitrogens is 2. The lowest BCUT2D eigenvalue weighted by Crippen LogP contribution is -2.45. The fraction of sp³-hybridized carbons (Fsp3) is 0.450. The summed E-state index contributed by atoms with van der Waals surface area (Å²) in [5, 5.41) is 17.1. The number of carbonyl (C=O) groups excluding carboxylic acids is 1. The molecule has 15 nitrogen and oxygen atoms in total. The molecule has 3 rings (SSSR count). The van der Waals surface area contributed by atoms with Crippen LogP contribution in [0.4, 0.5) is 0 Å². The molecule has 37 heavy (non-hydrogen) atoms. The number of hydrogen-bond acceptors (Lipinski definition) is 10. The molecule has 1 aliphatic heterocycles. The molecule has 3 N–H and O–H groups in total. The number of para-hydroxylation sites is 1. The zero-order valence-corrected chi connectivity index (χ0v) is 21.5. The molecule has 2 heterocycles. The summed E-state index contributed by atoms with van der Waals surface area (Å²) in [5.41, 5.74) is 5.78. The van der Waals surface area contributed by atoms with Crippen LogP contribution in [0.15, 0.2) is 51.2 Å². The van der Waals surface area contributed by atoms with Crippen LogP contribution in [-0.4, -0.2) is 58.1 Å². The molecule has 200 valence electrons. The molecule has 0 radical (unpaired) electrons. The van der Waals surface area contributed by atoms with Gasteiger partial charge in [0.15, 0.2) is 6.23 Å². The summed E-state index contributed by atoms with van der Waals surface area (Å²) >= 11 is 6.10. The van der Waals surface area contributed by atoms with Crippen molar-refractivity contribution in [2.75, 3.05) is 13.7 Å². The highest BCUT2D eigenvalue weighted by Crippen LogP contribution is 2.48. The molecule has 1 aromatic heterocycles. The van der Waals surface area contributed by atoms with Gasteiger partial charge in [0.2, 0.25) is 0 Å². The van der Waals surface area contributed by atoms with Crippen LogP contribution in [0.3, 0.4) is 0 Å². The van der Waals surface area contributed by atoms with E-state index in [0.717, 1.165) is 23.9 Å². The van der Waals surface area contributed by atoms with E-state index in [2.05, 4.69) is 19.9 Å². The van der Waals surface area contributed by atoms with Crippen molar-refractivity contribution in [3.63, 3.8) is 0 Å². The maximum absolute atomic E-state index is 13.6. The molecule has 0 saturated carbocycles. The number of esters is 1. The molecule has 1 unspecified atom stereocenters. The Morgan fingerprint density at radius 1 is 1.43 bits per heavy atom. The van der Waals surface area contributed by atoms with Gasteiger partial charge in [-0.1, -0.05) is 28.8 Å². The third-order valence-corrected chi connectivity index (χ3v) is 7.43. The molecule has 2 aromatic rings. The number of aromatic amines is 1. The van der Waals surface area contributed by atoms with Crippen molar-refractivity contribution >= 4 is 25.3 Å². The number of aliphatic hydroxyl groups excluding tert-OH is 1. The van der Waals surface area contributed by atoms with Gasteiger partial charge in [0.1, 0.15) is 23.4 Å². The topological polar surface area (TPSA) is 207 Å². The van der Waals surface area contributed by atoms with Gasteiger partial charge in [0.05, 0.1) is 24.8 Å². The zero-order valence-electron chi connectivity index (χ0n) is 19.8. The van der Waals surface area contributed by atoms with Crippen LogP contribution in [0.2, 0.25) is 5.02 Å². The SMILES string of the molecule is COC(=O)[C@H](C)NP(=O)(OC[C@H]1O[C@@H](n2ccc(=O)[nH]c2=O)[C@](C)(N=[N+]=[N-])[C@@H]1O)Oc1ccccc1Cl. The summed E-state index contributed by atoms with van der Waals surface area (Å²) < 4.78 is 36.0. The number of methoxy groups -OCH3 is 1. The number of H-pyrrole nitrogens is 1. The van der Waals surface area contributed by atoms with Crippen LogP contribution < -0.4 is 20.9 Å². The standard InChI is InChI=1S/C20H24ClN6O9P/c1-11(17(30)33-3)24-37(32,36-13-7-5-4-6-12(13)21)34-10-14-16(29)20(2,25-26-22)18(35-14)27-9-8-15(28)23-19(27)31/h4-9,11,14,16,18,29H,10H2,1-3H3,(H,24,32)(H,23,28,31)/t11-,14+,16+,18+,20+,37?/m0/s1. The van der Waals surface area contributed by atoms with Crippen molar-refractivity contribution in [1.29, 1.82) is 0 Å². The van der Waals surface area contributed by atoms with E-state index < -0.39 is 61.6 Å². The first-order valence-corrected chi connectivity index (χ1v) is 12.6. The second-order valence-electron chi connectivity index (χ2n) is 8.09. The Labute approximate surface area is 214 Å². The number of nitrogens with zero attached hydrogens (tertiary/aromatic N) is 4. The number of azide groups is 1. The third-order valence-electron chi connectivity index (χ3n) is 5.49. The summed E-state index contributed by atoms with van der Waals surface area (Å²) in [6.07, 6.45) is -3.14. The minimum Gasteiger partial charge on any atom is -0.468 e. The molecule has 17 heteroatoms. The molecule has 1 aliphatic rings. The Bertz CT molecular complexity index is 1360. The van der Waals surface area contributed by atoms with Crippen molar-refractivity contribution in [3.8, 4) is 5.75 Å². The highest BCUT2D eigenvalue weighted by atomic mass is 35.5. The lowest BCUT2D eigenvalue weighted by molar-refractivity contribution is -0.142. The van der Waals surface area contributed by atoms with Crippen molar-refractivity contribution in [1.82, 2.24) is 14.6 Å². The second-order valence-corrected chi connectivity index (χ2v) is 10.2. The molecule has 1 fully saturated rings. The van der Waals surface area contributed by atoms with Crippen LogP contribution in [0.25, 0.3) is 10.4 Å². The van der Waals surface area contributed by atoms with Gasteiger partial charge < -0.3 is 19.1 Å². The number of hydrogen-bond donors (Lipinski definition) is 3. The molecule has 0 amide bonds. The van der Waals surface area contributed by atoms with Gasteiger partial charge in [0, 0.05) is 17.2 Å². The van der Waals surface area contributed by atoms with Gasteiger partial charge in [-0.3, -0.25) is 23.7 Å². The van der Waals surface area contributed by atoms with Gasteiger partial charge in [-0.15, -0.1) is 0 Å². The predicted molar refractivity (Wildman–Crippen MR) is 129 cm³/mol. The minimum atomic E-state index is -4.38. The summed E-state index contributed by atoms with van der Waals surface area (Å²) in [6, 6.07) is 5.98. The minimum absolute atomic E-state index is 0.0263. The number of rotatable bonds is 10. The highest BCUT2D eigenvalue weighted by molar-refractivity contribution is 7.52. The van der Waals surface area contributed by atoms with E-state index in [1.807, 2.05) is 4.98 Å². The first-order chi connectivity index (χ1) is 17.4. The largest absolute Gasteiger partial charge is 0.468 e. The van der Waals surface area contributed by atoms with Gasteiger partial charge in [0.25, 0.3) is 5.56 Å². The Kier molecular flexibility index (Phi) is 8.82. The normalized spacial score (nSPS) is 25.5. The lowest BCUT2D eigenvalue weighted by Gasteiger charge is -2.28. The maximum atomic E-state index is 13.6. The number of halogens is 1. The predicted octanol–water partition coefficient (Wildman–Crippen LogP) is 1.87. The van der Waals surface area contributed by atoms with E-state index in [1.54, 1.807) is 12.1 Å².